The maximum atomic E-state index is 11.5. The summed E-state index contributed by atoms with van der Waals surface area (Å²) in [5.41, 5.74) is 2.90. The van der Waals surface area contributed by atoms with Gasteiger partial charge in [-0.2, -0.15) is 5.48 Å². The summed E-state index contributed by atoms with van der Waals surface area (Å²) in [6.45, 7) is 3.60. The Labute approximate surface area is 128 Å². The lowest BCUT2D eigenvalue weighted by molar-refractivity contribution is -0.0339. The molecule has 1 amide bonds. The standard InChI is InChI=1S/C13H18ClNO5S/c1-10(2)12(9-21(14,17)18)20-15-13(16)19-8-11-6-4-3-5-7-11/h3-7,10,12H,8-9H2,1-2H3,(H,15,16). The van der Waals surface area contributed by atoms with E-state index in [9.17, 15) is 13.2 Å². The molecule has 0 saturated heterocycles. The summed E-state index contributed by atoms with van der Waals surface area (Å²) < 4.78 is 27.0. The van der Waals surface area contributed by atoms with E-state index in [0.29, 0.717) is 0 Å². The number of rotatable bonds is 7. The molecule has 0 aliphatic rings. The van der Waals surface area contributed by atoms with E-state index < -0.39 is 27.0 Å². The van der Waals surface area contributed by atoms with Crippen LogP contribution in [-0.2, 0) is 25.2 Å². The van der Waals surface area contributed by atoms with Crippen LogP contribution >= 0.6 is 10.7 Å². The zero-order valence-corrected chi connectivity index (χ0v) is 13.4. The van der Waals surface area contributed by atoms with Crippen molar-refractivity contribution in [3.63, 3.8) is 0 Å². The molecule has 0 fully saturated rings. The van der Waals surface area contributed by atoms with E-state index in [1.54, 1.807) is 13.8 Å². The zero-order valence-electron chi connectivity index (χ0n) is 11.8. The first-order valence-corrected chi connectivity index (χ1v) is 8.80. The van der Waals surface area contributed by atoms with Crippen molar-refractivity contribution in [2.45, 2.75) is 26.6 Å². The highest BCUT2D eigenvalue weighted by Gasteiger charge is 2.22. The molecule has 0 bridgehead atoms. The highest BCUT2D eigenvalue weighted by atomic mass is 35.7. The summed E-state index contributed by atoms with van der Waals surface area (Å²) in [7, 11) is 1.46. The Bertz CT molecular complexity index is 547. The number of halogens is 1. The Hall–Kier alpha value is -1.31. The molecule has 1 N–H and O–H groups in total. The molecule has 6 nitrogen and oxygen atoms in total. The van der Waals surface area contributed by atoms with Crippen molar-refractivity contribution in [1.82, 2.24) is 5.48 Å². The number of hydrogen-bond donors (Lipinski definition) is 1. The SMILES string of the molecule is CC(C)C(CS(=O)(=O)Cl)ONC(=O)OCc1ccccc1. The largest absolute Gasteiger partial charge is 0.443 e. The van der Waals surface area contributed by atoms with E-state index in [1.807, 2.05) is 30.3 Å². The van der Waals surface area contributed by atoms with Crippen LogP contribution in [0.15, 0.2) is 30.3 Å². The smallest absolute Gasteiger partial charge is 0.431 e. The fourth-order valence-electron chi connectivity index (χ4n) is 1.44. The van der Waals surface area contributed by atoms with Crippen molar-refractivity contribution in [2.24, 2.45) is 5.92 Å². The average molecular weight is 336 g/mol. The minimum absolute atomic E-state index is 0.0934. The monoisotopic (exact) mass is 335 g/mol. The zero-order chi connectivity index (χ0) is 15.9. The van der Waals surface area contributed by atoms with E-state index in [0.717, 1.165) is 5.56 Å². The second-order valence-corrected chi connectivity index (χ2v) is 7.59. The Balaban J connectivity index is 2.39. The molecule has 1 aromatic rings. The Morgan fingerprint density at radius 2 is 1.90 bits per heavy atom. The lowest BCUT2D eigenvalue weighted by Gasteiger charge is -2.19. The molecular weight excluding hydrogens is 318 g/mol. The van der Waals surface area contributed by atoms with Crippen LogP contribution in [0.1, 0.15) is 19.4 Å². The predicted octanol–water partition coefficient (Wildman–Crippen LogP) is 2.44. The number of benzene rings is 1. The molecule has 0 aliphatic heterocycles. The number of nitrogens with one attached hydrogen (secondary N) is 1. The van der Waals surface area contributed by atoms with Gasteiger partial charge in [0.1, 0.15) is 12.7 Å². The first-order valence-electron chi connectivity index (χ1n) is 6.32. The van der Waals surface area contributed by atoms with Gasteiger partial charge in [-0.1, -0.05) is 44.2 Å². The van der Waals surface area contributed by atoms with Gasteiger partial charge in [0.25, 0.3) is 0 Å². The van der Waals surface area contributed by atoms with Crippen molar-refractivity contribution < 1.29 is 22.8 Å². The van der Waals surface area contributed by atoms with Crippen LogP contribution in [0.2, 0.25) is 0 Å². The minimum Gasteiger partial charge on any atom is -0.443 e. The van der Waals surface area contributed by atoms with Gasteiger partial charge < -0.3 is 4.74 Å². The summed E-state index contributed by atoms with van der Waals surface area (Å²) in [5.74, 6) is -0.543. The van der Waals surface area contributed by atoms with Gasteiger partial charge in [-0.25, -0.2) is 13.2 Å². The quantitative estimate of drug-likeness (QED) is 0.611. The third kappa shape index (κ3) is 7.89. The molecular formula is C13H18ClNO5S. The van der Waals surface area contributed by atoms with E-state index >= 15 is 0 Å². The number of hydroxylamine groups is 1. The topological polar surface area (TPSA) is 81.7 Å². The second-order valence-electron chi connectivity index (χ2n) is 4.77. The number of carbonyl (C=O) groups is 1. The van der Waals surface area contributed by atoms with E-state index in [-0.39, 0.29) is 12.5 Å². The van der Waals surface area contributed by atoms with Crippen LogP contribution in [0.4, 0.5) is 4.79 Å². The van der Waals surface area contributed by atoms with Crippen molar-refractivity contribution in [2.75, 3.05) is 5.75 Å². The lowest BCUT2D eigenvalue weighted by atomic mass is 10.1. The molecule has 1 rings (SSSR count). The first-order chi connectivity index (χ1) is 9.78. The fraction of sp³-hybridized carbons (Fsp3) is 0.462. The molecule has 1 atom stereocenters. The minimum atomic E-state index is -3.72. The third-order valence-electron chi connectivity index (χ3n) is 2.61. The number of amides is 1. The highest BCUT2D eigenvalue weighted by molar-refractivity contribution is 8.13. The van der Waals surface area contributed by atoms with Crippen LogP contribution in [0.5, 0.6) is 0 Å². The van der Waals surface area contributed by atoms with Gasteiger partial charge in [0.15, 0.2) is 0 Å². The molecule has 0 aliphatic carbocycles. The summed E-state index contributed by atoms with van der Waals surface area (Å²) in [6.07, 6.45) is -1.55. The fourth-order valence-corrected chi connectivity index (χ4v) is 2.65. The second kappa shape index (κ2) is 8.21. The van der Waals surface area contributed by atoms with Gasteiger partial charge in [0.05, 0.1) is 5.75 Å². The molecule has 8 heteroatoms. The molecule has 0 heterocycles. The van der Waals surface area contributed by atoms with Gasteiger partial charge in [-0.05, 0) is 11.5 Å². The average Bonchev–Trinajstić information content (AvgIpc) is 2.41. The van der Waals surface area contributed by atoms with Crippen LogP contribution in [0.25, 0.3) is 0 Å². The van der Waals surface area contributed by atoms with Crippen molar-refractivity contribution >= 4 is 25.8 Å². The maximum absolute atomic E-state index is 11.5. The molecule has 21 heavy (non-hydrogen) atoms. The van der Waals surface area contributed by atoms with Gasteiger partial charge >= 0.3 is 6.09 Å². The highest BCUT2D eigenvalue weighted by Crippen LogP contribution is 2.11. The number of carbonyl (C=O) groups excluding carboxylic acids is 1. The maximum Gasteiger partial charge on any atom is 0.431 e. The van der Waals surface area contributed by atoms with Gasteiger partial charge in [-0.3, -0.25) is 4.84 Å². The van der Waals surface area contributed by atoms with Crippen molar-refractivity contribution in [3.8, 4) is 0 Å². The molecule has 118 valence electrons. The van der Waals surface area contributed by atoms with Crippen LogP contribution < -0.4 is 5.48 Å². The van der Waals surface area contributed by atoms with Crippen molar-refractivity contribution in [1.29, 1.82) is 0 Å². The molecule has 1 unspecified atom stereocenters. The van der Waals surface area contributed by atoms with Crippen LogP contribution in [0.3, 0.4) is 0 Å². The molecule has 0 saturated carbocycles. The Morgan fingerprint density at radius 3 is 2.43 bits per heavy atom. The first kappa shape index (κ1) is 17.7. The lowest BCUT2D eigenvalue weighted by Crippen LogP contribution is -2.36. The predicted molar refractivity (Wildman–Crippen MR) is 79.1 cm³/mol. The third-order valence-corrected chi connectivity index (χ3v) is 3.72. The van der Waals surface area contributed by atoms with Crippen LogP contribution in [-0.4, -0.2) is 26.4 Å². The molecule has 0 radical (unpaired) electrons. The Kier molecular flexibility index (Phi) is 6.94. The molecule has 1 aromatic carbocycles. The van der Waals surface area contributed by atoms with E-state index in [1.165, 1.54) is 0 Å². The number of ether oxygens (including phenoxy) is 1. The van der Waals surface area contributed by atoms with Crippen LogP contribution in [0, 0.1) is 5.92 Å². The Morgan fingerprint density at radius 1 is 1.29 bits per heavy atom. The molecule has 0 spiro atoms. The van der Waals surface area contributed by atoms with Gasteiger partial charge in [0.2, 0.25) is 9.05 Å². The van der Waals surface area contributed by atoms with Gasteiger partial charge in [-0.15, -0.1) is 0 Å². The normalized spacial score (nSPS) is 13.0. The summed E-state index contributed by atoms with van der Waals surface area (Å²) in [6, 6.07) is 9.13. The van der Waals surface area contributed by atoms with E-state index in [2.05, 4.69) is 5.48 Å². The van der Waals surface area contributed by atoms with Gasteiger partial charge in [0, 0.05) is 10.7 Å². The molecule has 0 aromatic heterocycles. The summed E-state index contributed by atoms with van der Waals surface area (Å²) in [4.78, 5) is 16.5. The summed E-state index contributed by atoms with van der Waals surface area (Å²) >= 11 is 0. The summed E-state index contributed by atoms with van der Waals surface area (Å²) in [5, 5.41) is 0. The van der Waals surface area contributed by atoms with Crippen molar-refractivity contribution in [3.05, 3.63) is 35.9 Å². The van der Waals surface area contributed by atoms with E-state index in [4.69, 9.17) is 20.3 Å². The number of hydrogen-bond acceptors (Lipinski definition) is 5.